The molecule has 1 aromatic rings. The number of carbonyl (C=O) groups excluding carboxylic acids is 1. The van der Waals surface area contributed by atoms with Crippen LogP contribution in [0.25, 0.3) is 0 Å². The highest BCUT2D eigenvalue weighted by Crippen LogP contribution is 2.32. The molecule has 4 heteroatoms. The van der Waals surface area contributed by atoms with E-state index in [2.05, 4.69) is 21.2 Å². The number of halogens is 1. The molecule has 3 nitrogen and oxygen atoms in total. The summed E-state index contributed by atoms with van der Waals surface area (Å²) in [6, 6.07) is 7.86. The Morgan fingerprint density at radius 1 is 1.29 bits per heavy atom. The topological polar surface area (TPSA) is 48.2 Å². The third-order valence-corrected chi connectivity index (χ3v) is 3.00. The fourth-order valence-corrected chi connectivity index (χ4v) is 1.93. The van der Waals surface area contributed by atoms with Crippen LogP contribution in [0.15, 0.2) is 28.7 Å². The van der Waals surface area contributed by atoms with E-state index < -0.39 is 5.60 Å². The maximum absolute atomic E-state index is 11.8. The second-order valence-electron chi connectivity index (χ2n) is 5.21. The molecular weight excluding hydrogens is 282 g/mol. The highest BCUT2D eigenvalue weighted by atomic mass is 79.9. The van der Waals surface area contributed by atoms with Gasteiger partial charge in [0.1, 0.15) is 11.6 Å². The summed E-state index contributed by atoms with van der Waals surface area (Å²) >= 11 is 3.39. The molecule has 0 aliphatic carbocycles. The third-order valence-electron chi connectivity index (χ3n) is 2.47. The summed E-state index contributed by atoms with van der Waals surface area (Å²) < 4.78 is 6.36. The quantitative estimate of drug-likeness (QED) is 0.674. The Kier molecular flexibility index (Phi) is 3.27. The maximum Gasteiger partial charge on any atom is 0.325 e. The van der Waals surface area contributed by atoms with Crippen LogP contribution in [0.3, 0.4) is 0 Å². The normalized spacial score (nSPS) is 23.3. The molecule has 0 radical (unpaired) electrons. The van der Waals surface area contributed by atoms with Gasteiger partial charge in [0.15, 0.2) is 0 Å². The molecule has 1 aliphatic rings. The molecule has 0 bridgehead atoms. The zero-order valence-corrected chi connectivity index (χ0v) is 11.7. The fraction of sp³-hybridized carbons (Fsp3) is 0.462. The van der Waals surface area contributed by atoms with E-state index in [-0.39, 0.29) is 18.1 Å². The van der Waals surface area contributed by atoms with Gasteiger partial charge < -0.3 is 4.74 Å². The SMILES string of the molecule is CC(C)(C)OC(=O)[C@H]1N[C@@H]1c1ccc(Br)cc1. The predicted octanol–water partition coefficient (Wildman–Crippen LogP) is 2.80. The van der Waals surface area contributed by atoms with Crippen molar-refractivity contribution in [2.45, 2.75) is 38.5 Å². The maximum atomic E-state index is 11.8. The Bertz CT molecular complexity index is 422. The van der Waals surface area contributed by atoms with Gasteiger partial charge in [0, 0.05) is 4.47 Å². The fourth-order valence-electron chi connectivity index (χ4n) is 1.67. The van der Waals surface area contributed by atoms with Crippen LogP contribution in [0.4, 0.5) is 0 Å². The monoisotopic (exact) mass is 297 g/mol. The van der Waals surface area contributed by atoms with Crippen LogP contribution in [-0.2, 0) is 9.53 Å². The summed E-state index contributed by atoms with van der Waals surface area (Å²) in [6.07, 6.45) is 0. The van der Waals surface area contributed by atoms with Crippen molar-refractivity contribution in [3.8, 4) is 0 Å². The van der Waals surface area contributed by atoms with Gasteiger partial charge in [0.05, 0.1) is 6.04 Å². The van der Waals surface area contributed by atoms with Gasteiger partial charge in [0.2, 0.25) is 0 Å². The molecule has 1 N–H and O–H groups in total. The number of carbonyl (C=O) groups is 1. The average molecular weight is 298 g/mol. The summed E-state index contributed by atoms with van der Waals surface area (Å²) in [5.74, 6) is -0.176. The van der Waals surface area contributed by atoms with E-state index >= 15 is 0 Å². The van der Waals surface area contributed by atoms with Gasteiger partial charge in [-0.25, -0.2) is 0 Å². The first kappa shape index (κ1) is 12.6. The van der Waals surface area contributed by atoms with Gasteiger partial charge in [-0.05, 0) is 38.5 Å². The lowest BCUT2D eigenvalue weighted by molar-refractivity contribution is -0.154. The molecule has 2 rings (SSSR count). The molecular formula is C13H16BrNO2. The van der Waals surface area contributed by atoms with Crippen molar-refractivity contribution in [3.05, 3.63) is 34.3 Å². The minimum absolute atomic E-state index is 0.0953. The van der Waals surface area contributed by atoms with E-state index in [0.29, 0.717) is 0 Å². The van der Waals surface area contributed by atoms with Gasteiger partial charge in [-0.2, -0.15) is 0 Å². The minimum Gasteiger partial charge on any atom is -0.459 e. The minimum atomic E-state index is -0.425. The second-order valence-corrected chi connectivity index (χ2v) is 6.12. The number of hydrogen-bond donors (Lipinski definition) is 1. The van der Waals surface area contributed by atoms with Gasteiger partial charge in [-0.1, -0.05) is 28.1 Å². The number of benzene rings is 1. The van der Waals surface area contributed by atoms with Gasteiger partial charge in [-0.3, -0.25) is 10.1 Å². The van der Waals surface area contributed by atoms with Crippen molar-refractivity contribution >= 4 is 21.9 Å². The lowest BCUT2D eigenvalue weighted by atomic mass is 10.1. The van der Waals surface area contributed by atoms with Gasteiger partial charge in [-0.15, -0.1) is 0 Å². The number of ether oxygens (including phenoxy) is 1. The van der Waals surface area contributed by atoms with E-state index in [0.717, 1.165) is 10.0 Å². The van der Waals surface area contributed by atoms with Crippen LogP contribution >= 0.6 is 15.9 Å². The van der Waals surface area contributed by atoms with E-state index in [9.17, 15) is 4.79 Å². The molecule has 0 amide bonds. The van der Waals surface area contributed by atoms with E-state index in [1.807, 2.05) is 45.0 Å². The van der Waals surface area contributed by atoms with Crippen LogP contribution in [0.1, 0.15) is 32.4 Å². The zero-order chi connectivity index (χ0) is 12.6. The van der Waals surface area contributed by atoms with Crippen molar-refractivity contribution in [1.29, 1.82) is 0 Å². The van der Waals surface area contributed by atoms with Crippen molar-refractivity contribution in [2.75, 3.05) is 0 Å². The molecule has 17 heavy (non-hydrogen) atoms. The summed E-state index contributed by atoms with van der Waals surface area (Å²) in [5.41, 5.74) is 0.690. The average Bonchev–Trinajstić information content (AvgIpc) is 2.96. The molecule has 0 unspecified atom stereocenters. The molecule has 1 aliphatic heterocycles. The van der Waals surface area contributed by atoms with Crippen molar-refractivity contribution < 1.29 is 9.53 Å². The second kappa shape index (κ2) is 4.42. The van der Waals surface area contributed by atoms with Gasteiger partial charge in [0.25, 0.3) is 0 Å². The Labute approximate surface area is 110 Å². The summed E-state index contributed by atoms with van der Waals surface area (Å²) in [7, 11) is 0. The first-order chi connectivity index (χ1) is 7.87. The molecule has 0 saturated carbocycles. The van der Waals surface area contributed by atoms with Crippen molar-refractivity contribution in [2.24, 2.45) is 0 Å². The summed E-state index contributed by atoms with van der Waals surface area (Å²) in [4.78, 5) is 11.8. The molecule has 1 saturated heterocycles. The Hall–Kier alpha value is -0.870. The molecule has 1 heterocycles. The lowest BCUT2D eigenvalue weighted by Crippen LogP contribution is -2.27. The summed E-state index contributed by atoms with van der Waals surface area (Å²) in [5, 5.41) is 3.14. The summed E-state index contributed by atoms with van der Waals surface area (Å²) in [6.45, 7) is 5.63. The van der Waals surface area contributed by atoms with Crippen LogP contribution in [0.2, 0.25) is 0 Å². The van der Waals surface area contributed by atoms with E-state index in [1.165, 1.54) is 0 Å². The van der Waals surface area contributed by atoms with E-state index in [1.54, 1.807) is 0 Å². The largest absolute Gasteiger partial charge is 0.459 e. The molecule has 0 aromatic heterocycles. The van der Waals surface area contributed by atoms with E-state index in [4.69, 9.17) is 4.74 Å². The number of hydrogen-bond acceptors (Lipinski definition) is 3. The predicted molar refractivity (Wildman–Crippen MR) is 69.7 cm³/mol. The smallest absolute Gasteiger partial charge is 0.325 e. The molecule has 92 valence electrons. The Morgan fingerprint density at radius 3 is 2.41 bits per heavy atom. The molecule has 2 atom stereocenters. The standard InChI is InChI=1S/C13H16BrNO2/c1-13(2,3)17-12(16)11-10(15-11)8-4-6-9(14)7-5-8/h4-7,10-11,15H,1-3H3/t10-,11+/m1/s1. The van der Waals surface area contributed by atoms with Crippen molar-refractivity contribution in [1.82, 2.24) is 5.32 Å². The Morgan fingerprint density at radius 2 is 1.88 bits per heavy atom. The highest BCUT2D eigenvalue weighted by molar-refractivity contribution is 9.10. The molecule has 1 aromatic carbocycles. The Balaban J connectivity index is 1.96. The lowest BCUT2D eigenvalue weighted by Gasteiger charge is -2.19. The van der Waals surface area contributed by atoms with Crippen LogP contribution < -0.4 is 5.32 Å². The van der Waals surface area contributed by atoms with Crippen LogP contribution in [0, 0.1) is 0 Å². The first-order valence-electron chi connectivity index (χ1n) is 5.61. The molecule has 0 spiro atoms. The number of nitrogens with one attached hydrogen (secondary N) is 1. The van der Waals surface area contributed by atoms with Crippen LogP contribution in [-0.4, -0.2) is 17.6 Å². The highest BCUT2D eigenvalue weighted by Gasteiger charge is 2.45. The number of rotatable bonds is 2. The first-order valence-corrected chi connectivity index (χ1v) is 6.40. The van der Waals surface area contributed by atoms with Crippen LogP contribution in [0.5, 0.6) is 0 Å². The van der Waals surface area contributed by atoms with Crippen molar-refractivity contribution in [3.63, 3.8) is 0 Å². The van der Waals surface area contributed by atoms with Gasteiger partial charge >= 0.3 is 5.97 Å². The number of esters is 1. The molecule has 1 fully saturated rings. The third kappa shape index (κ3) is 3.30. The zero-order valence-electron chi connectivity index (χ0n) is 10.2.